The second-order valence-electron chi connectivity index (χ2n) is 4.07. The maximum Gasteiger partial charge on any atom is 0.125 e. The molecule has 0 heterocycles. The smallest absolute Gasteiger partial charge is 0.125 e. The fourth-order valence-corrected chi connectivity index (χ4v) is 1.27. The molecule has 0 radical (unpaired) electrons. The molecule has 1 aromatic rings. The topological polar surface area (TPSA) is 44.5 Å². The largest absolute Gasteiger partial charge is 0.491 e. The Hall–Kier alpha value is -1.09. The van der Waals surface area contributed by atoms with Gasteiger partial charge in [-0.25, -0.2) is 0 Å². The quantitative estimate of drug-likeness (QED) is 0.828. The van der Waals surface area contributed by atoms with Crippen LogP contribution in [0.1, 0.15) is 27.7 Å². The third kappa shape index (κ3) is 5.12. The van der Waals surface area contributed by atoms with Gasteiger partial charge in [0.25, 0.3) is 0 Å². The van der Waals surface area contributed by atoms with Gasteiger partial charge >= 0.3 is 0 Å². The predicted molar refractivity (Wildman–Crippen MR) is 69.6 cm³/mol. The highest BCUT2D eigenvalue weighted by Crippen LogP contribution is 2.25. The Morgan fingerprint density at radius 1 is 0.875 bits per heavy atom. The van der Waals surface area contributed by atoms with E-state index in [4.69, 9.17) is 15.2 Å². The van der Waals surface area contributed by atoms with Gasteiger partial charge in [-0.2, -0.15) is 0 Å². The van der Waals surface area contributed by atoms with Gasteiger partial charge in [0, 0.05) is 23.9 Å². The van der Waals surface area contributed by atoms with Crippen LogP contribution >= 0.6 is 12.4 Å². The van der Waals surface area contributed by atoms with Crippen molar-refractivity contribution in [2.24, 2.45) is 0 Å². The molecule has 0 fully saturated rings. The summed E-state index contributed by atoms with van der Waals surface area (Å²) >= 11 is 0. The van der Waals surface area contributed by atoms with Crippen LogP contribution in [0, 0.1) is 0 Å². The Labute approximate surface area is 103 Å². The van der Waals surface area contributed by atoms with E-state index < -0.39 is 0 Å². The number of nitrogen functional groups attached to an aromatic ring is 1. The highest BCUT2D eigenvalue weighted by Gasteiger charge is 2.04. The van der Waals surface area contributed by atoms with Crippen LogP contribution in [0.4, 0.5) is 5.69 Å². The molecule has 0 aliphatic heterocycles. The van der Waals surface area contributed by atoms with Gasteiger partial charge in [0.1, 0.15) is 11.5 Å². The molecule has 0 aliphatic rings. The number of halogens is 1. The zero-order chi connectivity index (χ0) is 11.4. The van der Waals surface area contributed by atoms with Gasteiger partial charge in [0.05, 0.1) is 12.2 Å². The first kappa shape index (κ1) is 14.9. The van der Waals surface area contributed by atoms with Crippen molar-refractivity contribution >= 4 is 18.1 Å². The lowest BCUT2D eigenvalue weighted by Gasteiger charge is -2.14. The number of anilines is 1. The van der Waals surface area contributed by atoms with Crippen molar-refractivity contribution in [3.8, 4) is 11.5 Å². The summed E-state index contributed by atoms with van der Waals surface area (Å²) in [5, 5.41) is 0. The van der Waals surface area contributed by atoms with E-state index in [0.717, 1.165) is 11.5 Å². The highest BCUT2D eigenvalue weighted by atomic mass is 35.5. The zero-order valence-corrected chi connectivity index (χ0v) is 11.0. The van der Waals surface area contributed by atoms with Gasteiger partial charge in [-0.05, 0) is 27.7 Å². The average molecular weight is 246 g/mol. The molecule has 0 spiro atoms. The van der Waals surface area contributed by atoms with Crippen LogP contribution in [0.15, 0.2) is 18.2 Å². The number of ether oxygens (including phenoxy) is 2. The van der Waals surface area contributed by atoms with Crippen molar-refractivity contribution in [1.29, 1.82) is 0 Å². The number of hydrogen-bond donors (Lipinski definition) is 1. The van der Waals surface area contributed by atoms with E-state index in [1.54, 1.807) is 12.1 Å². The van der Waals surface area contributed by atoms with Gasteiger partial charge in [-0.3, -0.25) is 0 Å². The Balaban J connectivity index is 0.00000225. The molecular formula is C12H20ClNO2. The summed E-state index contributed by atoms with van der Waals surface area (Å²) in [6.45, 7) is 7.91. The van der Waals surface area contributed by atoms with E-state index >= 15 is 0 Å². The minimum absolute atomic E-state index is 0. The van der Waals surface area contributed by atoms with Crippen LogP contribution in [0.25, 0.3) is 0 Å². The van der Waals surface area contributed by atoms with E-state index in [2.05, 4.69) is 0 Å². The maximum absolute atomic E-state index is 5.75. The van der Waals surface area contributed by atoms with Crippen LogP contribution in [-0.2, 0) is 0 Å². The first-order valence-corrected chi connectivity index (χ1v) is 5.21. The lowest BCUT2D eigenvalue weighted by molar-refractivity contribution is 0.229. The predicted octanol–water partition coefficient (Wildman–Crippen LogP) is 3.27. The van der Waals surface area contributed by atoms with E-state index in [-0.39, 0.29) is 24.6 Å². The van der Waals surface area contributed by atoms with Crippen LogP contribution in [0.3, 0.4) is 0 Å². The molecule has 16 heavy (non-hydrogen) atoms. The summed E-state index contributed by atoms with van der Waals surface area (Å²) in [7, 11) is 0. The fraction of sp³-hybridized carbons (Fsp3) is 0.500. The molecule has 1 rings (SSSR count). The molecule has 0 unspecified atom stereocenters. The molecule has 0 aromatic heterocycles. The second-order valence-corrected chi connectivity index (χ2v) is 4.07. The molecule has 1 aromatic carbocycles. The molecule has 4 heteroatoms. The van der Waals surface area contributed by atoms with Crippen molar-refractivity contribution in [2.45, 2.75) is 39.9 Å². The normalized spacial score (nSPS) is 10.1. The average Bonchev–Trinajstić information content (AvgIpc) is 1.98. The summed E-state index contributed by atoms with van der Waals surface area (Å²) in [6, 6.07) is 5.46. The first-order valence-electron chi connectivity index (χ1n) is 5.21. The van der Waals surface area contributed by atoms with Crippen molar-refractivity contribution in [3.05, 3.63) is 18.2 Å². The lowest BCUT2D eigenvalue weighted by Crippen LogP contribution is -2.08. The maximum atomic E-state index is 5.75. The molecule has 92 valence electrons. The highest BCUT2D eigenvalue weighted by molar-refractivity contribution is 5.85. The SMILES string of the molecule is CC(C)Oc1cc(N)cc(OC(C)C)c1.Cl. The van der Waals surface area contributed by atoms with Gasteiger partial charge in [0.2, 0.25) is 0 Å². The zero-order valence-electron chi connectivity index (χ0n) is 10.2. The minimum Gasteiger partial charge on any atom is -0.491 e. The molecule has 0 bridgehead atoms. The molecule has 0 saturated heterocycles. The molecule has 0 amide bonds. The van der Waals surface area contributed by atoms with Gasteiger partial charge in [-0.15, -0.1) is 12.4 Å². The second kappa shape index (κ2) is 6.48. The first-order chi connectivity index (χ1) is 6.97. The Bertz CT molecular complexity index is 299. The van der Waals surface area contributed by atoms with E-state index in [1.165, 1.54) is 0 Å². The number of hydrogen-bond acceptors (Lipinski definition) is 3. The molecule has 0 saturated carbocycles. The molecule has 0 aliphatic carbocycles. The van der Waals surface area contributed by atoms with E-state index in [0.29, 0.717) is 5.69 Å². The monoisotopic (exact) mass is 245 g/mol. The number of nitrogens with two attached hydrogens (primary N) is 1. The Morgan fingerprint density at radius 2 is 1.25 bits per heavy atom. The molecular weight excluding hydrogens is 226 g/mol. The summed E-state index contributed by atoms with van der Waals surface area (Å²) < 4.78 is 11.1. The van der Waals surface area contributed by atoms with E-state index in [9.17, 15) is 0 Å². The summed E-state index contributed by atoms with van der Waals surface area (Å²) in [6.07, 6.45) is 0.275. The number of benzene rings is 1. The lowest BCUT2D eigenvalue weighted by atomic mass is 10.2. The van der Waals surface area contributed by atoms with Crippen LogP contribution < -0.4 is 15.2 Å². The van der Waals surface area contributed by atoms with Crippen molar-refractivity contribution in [3.63, 3.8) is 0 Å². The summed E-state index contributed by atoms with van der Waals surface area (Å²) in [5.74, 6) is 1.50. The van der Waals surface area contributed by atoms with Crippen molar-refractivity contribution < 1.29 is 9.47 Å². The van der Waals surface area contributed by atoms with Crippen LogP contribution in [0.5, 0.6) is 11.5 Å². The Morgan fingerprint density at radius 3 is 1.56 bits per heavy atom. The van der Waals surface area contributed by atoms with Gasteiger partial charge in [0.15, 0.2) is 0 Å². The summed E-state index contributed by atoms with van der Waals surface area (Å²) in [5.41, 5.74) is 6.41. The van der Waals surface area contributed by atoms with Gasteiger partial charge < -0.3 is 15.2 Å². The Kier molecular flexibility index (Phi) is 6.04. The molecule has 2 N–H and O–H groups in total. The van der Waals surface area contributed by atoms with Crippen LogP contribution in [-0.4, -0.2) is 12.2 Å². The van der Waals surface area contributed by atoms with E-state index in [1.807, 2.05) is 33.8 Å². The third-order valence-corrected chi connectivity index (χ3v) is 1.65. The third-order valence-electron chi connectivity index (χ3n) is 1.65. The van der Waals surface area contributed by atoms with Crippen molar-refractivity contribution in [2.75, 3.05) is 5.73 Å². The van der Waals surface area contributed by atoms with Crippen LogP contribution in [0.2, 0.25) is 0 Å². The number of rotatable bonds is 4. The molecule has 0 atom stereocenters. The molecule has 3 nitrogen and oxygen atoms in total. The van der Waals surface area contributed by atoms with Gasteiger partial charge in [-0.1, -0.05) is 0 Å². The standard InChI is InChI=1S/C12H19NO2.ClH/c1-8(2)14-11-5-10(13)6-12(7-11)15-9(3)4;/h5-9H,13H2,1-4H3;1H. The fourth-order valence-electron chi connectivity index (χ4n) is 1.27. The minimum atomic E-state index is 0. The summed E-state index contributed by atoms with van der Waals surface area (Å²) in [4.78, 5) is 0. The van der Waals surface area contributed by atoms with Crippen molar-refractivity contribution in [1.82, 2.24) is 0 Å².